The van der Waals surface area contributed by atoms with E-state index in [-0.39, 0.29) is 12.4 Å². The third kappa shape index (κ3) is 2.85. The van der Waals surface area contributed by atoms with Crippen LogP contribution in [0.1, 0.15) is 17.2 Å². The van der Waals surface area contributed by atoms with Gasteiger partial charge in [-0.3, -0.25) is 0 Å². The third-order valence-electron chi connectivity index (χ3n) is 2.66. The van der Waals surface area contributed by atoms with Crippen molar-refractivity contribution >= 4 is 24.0 Å². The quantitative estimate of drug-likeness (QED) is 0.795. The molecule has 0 bridgehead atoms. The maximum absolute atomic E-state index is 6.20. The Hall–Kier alpha value is -0.280. The fourth-order valence-corrected chi connectivity index (χ4v) is 2.30. The van der Waals surface area contributed by atoms with Crippen molar-refractivity contribution in [2.75, 3.05) is 19.6 Å². The minimum Gasteiger partial charge on any atom is -0.314 e. The molecule has 2 nitrogen and oxygen atoms in total. The molecule has 0 amide bonds. The Morgan fingerprint density at radius 1 is 1.33 bits per heavy atom. The fourth-order valence-electron chi connectivity index (χ4n) is 1.94. The standard InChI is InChI=1S/C11H15ClN2.ClH/c1-8-3-2-4-9(12)11(8)10-7-13-5-6-14-10;/h2-4,10,13-14H,5-7H2,1H3;1H/t10-;/m1./s1. The zero-order valence-corrected chi connectivity index (χ0v) is 10.3. The summed E-state index contributed by atoms with van der Waals surface area (Å²) in [6.07, 6.45) is 0. The molecule has 0 aromatic heterocycles. The van der Waals surface area contributed by atoms with E-state index in [0.29, 0.717) is 6.04 Å². The average molecular weight is 247 g/mol. The van der Waals surface area contributed by atoms with Gasteiger partial charge in [-0.1, -0.05) is 23.7 Å². The predicted octanol–water partition coefficient (Wildman–Crippen LogP) is 2.30. The second-order valence-electron chi connectivity index (χ2n) is 3.68. The largest absolute Gasteiger partial charge is 0.314 e. The zero-order valence-electron chi connectivity index (χ0n) is 8.72. The summed E-state index contributed by atoms with van der Waals surface area (Å²) in [6.45, 7) is 5.12. The van der Waals surface area contributed by atoms with Crippen LogP contribution in [0.3, 0.4) is 0 Å². The van der Waals surface area contributed by atoms with Crippen molar-refractivity contribution < 1.29 is 0 Å². The minimum atomic E-state index is 0. The normalized spacial score (nSPS) is 20.8. The van der Waals surface area contributed by atoms with Crippen LogP contribution in [0, 0.1) is 6.92 Å². The highest BCUT2D eigenvalue weighted by molar-refractivity contribution is 6.31. The Bertz CT molecular complexity index is 302. The molecule has 1 atom stereocenters. The molecule has 1 fully saturated rings. The topological polar surface area (TPSA) is 24.1 Å². The lowest BCUT2D eigenvalue weighted by Gasteiger charge is -2.26. The molecule has 1 heterocycles. The highest BCUT2D eigenvalue weighted by Crippen LogP contribution is 2.26. The van der Waals surface area contributed by atoms with Gasteiger partial charge in [-0.25, -0.2) is 0 Å². The van der Waals surface area contributed by atoms with Gasteiger partial charge in [-0.15, -0.1) is 12.4 Å². The summed E-state index contributed by atoms with van der Waals surface area (Å²) >= 11 is 6.20. The van der Waals surface area contributed by atoms with Gasteiger partial charge in [0.1, 0.15) is 0 Å². The molecule has 0 radical (unpaired) electrons. The maximum atomic E-state index is 6.20. The lowest BCUT2D eigenvalue weighted by atomic mass is 10.00. The van der Waals surface area contributed by atoms with Crippen molar-refractivity contribution in [3.05, 3.63) is 34.3 Å². The van der Waals surface area contributed by atoms with E-state index in [4.69, 9.17) is 11.6 Å². The van der Waals surface area contributed by atoms with Gasteiger partial charge >= 0.3 is 0 Å². The average Bonchev–Trinajstić information content (AvgIpc) is 2.19. The maximum Gasteiger partial charge on any atom is 0.0464 e. The molecule has 0 unspecified atom stereocenters. The van der Waals surface area contributed by atoms with Gasteiger partial charge in [0.25, 0.3) is 0 Å². The van der Waals surface area contributed by atoms with Crippen molar-refractivity contribution in [3.8, 4) is 0 Å². The number of hydrogen-bond acceptors (Lipinski definition) is 2. The molecule has 1 aliphatic heterocycles. The molecule has 1 aliphatic rings. The number of nitrogens with one attached hydrogen (secondary N) is 2. The molecule has 0 saturated carbocycles. The Morgan fingerprint density at radius 3 is 2.73 bits per heavy atom. The van der Waals surface area contributed by atoms with Gasteiger partial charge in [0, 0.05) is 30.7 Å². The van der Waals surface area contributed by atoms with E-state index < -0.39 is 0 Å². The number of halogens is 2. The minimum absolute atomic E-state index is 0. The van der Waals surface area contributed by atoms with Gasteiger partial charge in [-0.2, -0.15) is 0 Å². The molecule has 1 saturated heterocycles. The first kappa shape index (κ1) is 12.8. The van der Waals surface area contributed by atoms with Crippen molar-refractivity contribution in [2.45, 2.75) is 13.0 Å². The van der Waals surface area contributed by atoms with E-state index in [0.717, 1.165) is 24.7 Å². The fraction of sp³-hybridized carbons (Fsp3) is 0.455. The summed E-state index contributed by atoms with van der Waals surface area (Å²) in [7, 11) is 0. The van der Waals surface area contributed by atoms with E-state index in [1.165, 1.54) is 11.1 Å². The molecule has 84 valence electrons. The summed E-state index contributed by atoms with van der Waals surface area (Å²) in [6, 6.07) is 6.42. The van der Waals surface area contributed by atoms with Crippen LogP contribution in [0.4, 0.5) is 0 Å². The number of benzene rings is 1. The number of hydrogen-bond donors (Lipinski definition) is 2. The molecule has 1 aromatic rings. The SMILES string of the molecule is Cc1cccc(Cl)c1[C@H]1CNCCN1.Cl. The van der Waals surface area contributed by atoms with Crippen LogP contribution < -0.4 is 10.6 Å². The van der Waals surface area contributed by atoms with Crippen molar-refractivity contribution in [1.82, 2.24) is 10.6 Å². The Balaban J connectivity index is 0.00000112. The molecule has 2 rings (SSSR count). The van der Waals surface area contributed by atoms with Gasteiger partial charge in [0.15, 0.2) is 0 Å². The van der Waals surface area contributed by atoms with Crippen LogP contribution in [-0.2, 0) is 0 Å². The Morgan fingerprint density at radius 2 is 2.13 bits per heavy atom. The third-order valence-corrected chi connectivity index (χ3v) is 2.99. The summed E-state index contributed by atoms with van der Waals surface area (Å²) in [5, 5.41) is 7.70. The highest BCUT2D eigenvalue weighted by Gasteiger charge is 2.18. The lowest BCUT2D eigenvalue weighted by Crippen LogP contribution is -2.43. The van der Waals surface area contributed by atoms with Gasteiger partial charge < -0.3 is 10.6 Å². The molecular formula is C11H16Cl2N2. The zero-order chi connectivity index (χ0) is 9.97. The van der Waals surface area contributed by atoms with Crippen molar-refractivity contribution in [1.29, 1.82) is 0 Å². The van der Waals surface area contributed by atoms with E-state index >= 15 is 0 Å². The van der Waals surface area contributed by atoms with Crippen LogP contribution >= 0.6 is 24.0 Å². The predicted molar refractivity (Wildman–Crippen MR) is 67.1 cm³/mol. The van der Waals surface area contributed by atoms with Crippen molar-refractivity contribution in [3.63, 3.8) is 0 Å². The van der Waals surface area contributed by atoms with Crippen LogP contribution in [-0.4, -0.2) is 19.6 Å². The summed E-state index contributed by atoms with van der Waals surface area (Å²) in [5.74, 6) is 0. The summed E-state index contributed by atoms with van der Waals surface area (Å²) in [5.41, 5.74) is 2.50. The van der Waals surface area contributed by atoms with Crippen LogP contribution in [0.25, 0.3) is 0 Å². The first-order chi connectivity index (χ1) is 6.79. The smallest absolute Gasteiger partial charge is 0.0464 e. The van der Waals surface area contributed by atoms with Crippen LogP contribution in [0.2, 0.25) is 5.02 Å². The summed E-state index contributed by atoms with van der Waals surface area (Å²) in [4.78, 5) is 0. The van der Waals surface area contributed by atoms with E-state index in [1.54, 1.807) is 0 Å². The van der Waals surface area contributed by atoms with Crippen LogP contribution in [0.5, 0.6) is 0 Å². The molecule has 1 aromatic carbocycles. The van der Waals surface area contributed by atoms with E-state index in [9.17, 15) is 0 Å². The first-order valence-corrected chi connectivity index (χ1v) is 5.36. The second-order valence-corrected chi connectivity index (χ2v) is 4.09. The lowest BCUT2D eigenvalue weighted by molar-refractivity contribution is 0.429. The van der Waals surface area contributed by atoms with Gasteiger partial charge in [0.2, 0.25) is 0 Å². The molecule has 0 aliphatic carbocycles. The monoisotopic (exact) mass is 246 g/mol. The number of piperazine rings is 1. The first-order valence-electron chi connectivity index (χ1n) is 4.98. The van der Waals surface area contributed by atoms with Gasteiger partial charge in [-0.05, 0) is 24.1 Å². The number of rotatable bonds is 1. The second kappa shape index (κ2) is 5.71. The Labute approximate surface area is 102 Å². The molecule has 2 N–H and O–H groups in total. The van der Waals surface area contributed by atoms with Gasteiger partial charge in [0.05, 0.1) is 0 Å². The van der Waals surface area contributed by atoms with E-state index in [1.807, 2.05) is 12.1 Å². The molecular weight excluding hydrogens is 231 g/mol. The molecule has 0 spiro atoms. The number of aryl methyl sites for hydroxylation is 1. The summed E-state index contributed by atoms with van der Waals surface area (Å²) < 4.78 is 0. The molecule has 15 heavy (non-hydrogen) atoms. The van der Waals surface area contributed by atoms with Crippen molar-refractivity contribution in [2.24, 2.45) is 0 Å². The Kier molecular flexibility index (Phi) is 4.87. The highest BCUT2D eigenvalue weighted by atomic mass is 35.5. The molecule has 4 heteroatoms. The van der Waals surface area contributed by atoms with E-state index in [2.05, 4.69) is 23.6 Å². The van der Waals surface area contributed by atoms with Crippen LogP contribution in [0.15, 0.2) is 18.2 Å².